The lowest BCUT2D eigenvalue weighted by molar-refractivity contribution is -0.137. The molecular weight excluding hydrogens is 372 g/mol. The molecule has 0 aromatic heterocycles. The molecule has 2 rings (SSSR count). The quantitative estimate of drug-likeness (QED) is 0.303. The number of aliphatic carboxylic acids is 1. The molecule has 0 unspecified atom stereocenters. The second-order valence-corrected chi connectivity index (χ2v) is 8.12. The Bertz CT molecular complexity index is 578. The number of hydrogen-bond donors (Lipinski definition) is 3. The van der Waals surface area contributed by atoms with E-state index >= 15 is 0 Å². The minimum atomic E-state index is -0.753. The van der Waals surface area contributed by atoms with Gasteiger partial charge in [-0.15, -0.1) is 0 Å². The molecule has 2 aliphatic rings. The van der Waals surface area contributed by atoms with Gasteiger partial charge in [0.05, 0.1) is 12.2 Å². The summed E-state index contributed by atoms with van der Waals surface area (Å²) >= 11 is 0. The highest BCUT2D eigenvalue weighted by Gasteiger charge is 2.47. The zero-order valence-corrected chi connectivity index (χ0v) is 17.5. The Kier molecular flexibility index (Phi) is 10.2. The maximum atomic E-state index is 12.1. The predicted octanol–water partition coefficient (Wildman–Crippen LogP) is 2.79. The summed E-state index contributed by atoms with van der Waals surface area (Å²) in [7, 11) is 0. The van der Waals surface area contributed by atoms with Gasteiger partial charge in [-0.25, -0.2) is 0 Å². The molecule has 29 heavy (non-hydrogen) atoms. The van der Waals surface area contributed by atoms with Gasteiger partial charge in [-0.05, 0) is 44.4 Å². The van der Waals surface area contributed by atoms with Crippen molar-refractivity contribution in [2.24, 2.45) is 11.8 Å². The van der Waals surface area contributed by atoms with E-state index in [0.717, 1.165) is 38.5 Å². The third kappa shape index (κ3) is 8.17. The van der Waals surface area contributed by atoms with Crippen molar-refractivity contribution in [1.29, 1.82) is 0 Å². The maximum Gasteiger partial charge on any atom is 0.303 e. The summed E-state index contributed by atoms with van der Waals surface area (Å²) in [5.41, 5.74) is 0. The Morgan fingerprint density at radius 1 is 0.966 bits per heavy atom. The molecule has 0 saturated carbocycles. The number of nitrogens with one attached hydrogen (secondary N) is 2. The number of fused-ring (bicyclic) bond motifs is 2. The minimum Gasteiger partial charge on any atom is -0.481 e. The molecular formula is C22H36N2O5. The molecule has 3 N–H and O–H groups in total. The number of rotatable bonds is 14. The van der Waals surface area contributed by atoms with Crippen LogP contribution in [0, 0.1) is 11.8 Å². The molecule has 2 bridgehead atoms. The van der Waals surface area contributed by atoms with Crippen LogP contribution in [0.15, 0.2) is 12.2 Å². The Hall–Kier alpha value is -1.89. The van der Waals surface area contributed by atoms with Crippen LogP contribution in [0.3, 0.4) is 0 Å². The van der Waals surface area contributed by atoms with Crippen molar-refractivity contribution in [1.82, 2.24) is 10.6 Å². The first-order chi connectivity index (χ1) is 14.0. The van der Waals surface area contributed by atoms with Gasteiger partial charge in [0, 0.05) is 38.3 Å². The molecule has 0 aliphatic carbocycles. The highest BCUT2D eigenvalue weighted by molar-refractivity contribution is 5.78. The van der Waals surface area contributed by atoms with E-state index < -0.39 is 5.97 Å². The third-order valence-electron chi connectivity index (χ3n) is 5.89. The Morgan fingerprint density at radius 3 is 2.41 bits per heavy atom. The standard InChI is InChI=1S/C22H36N2O5/c1-2-3-9-20(25)23-14-13-21(26)24-15-17-16(18-11-12-19(17)29-18)8-6-4-5-7-10-22(27)28/h4,6,16-19H,2-3,5,7-15H2,1H3,(H,23,25)(H,24,26)(H,27,28)/b6-4-/t16-,17+,18-,19+/m1/s1. The summed E-state index contributed by atoms with van der Waals surface area (Å²) < 4.78 is 6.07. The van der Waals surface area contributed by atoms with Crippen LogP contribution in [0.4, 0.5) is 0 Å². The number of carboxylic acids is 1. The first-order valence-electron chi connectivity index (χ1n) is 11.1. The monoisotopic (exact) mass is 408 g/mol. The molecule has 2 saturated heterocycles. The molecule has 0 spiro atoms. The normalized spacial score (nSPS) is 25.4. The molecule has 4 atom stereocenters. The van der Waals surface area contributed by atoms with Crippen LogP contribution in [0.5, 0.6) is 0 Å². The molecule has 2 amide bonds. The van der Waals surface area contributed by atoms with Gasteiger partial charge in [0.25, 0.3) is 0 Å². The number of allylic oxidation sites excluding steroid dienone is 2. The summed E-state index contributed by atoms with van der Waals surface area (Å²) in [6.07, 6.45) is 12.0. The van der Waals surface area contributed by atoms with E-state index in [1.54, 1.807) is 0 Å². The van der Waals surface area contributed by atoms with Crippen molar-refractivity contribution < 1.29 is 24.2 Å². The SMILES string of the molecule is CCCCC(=O)NCCC(=O)NC[C@H]1[C@@H](C/C=C\CCCC(=O)O)[C@H]2CC[C@@H]1O2. The largest absolute Gasteiger partial charge is 0.481 e. The van der Waals surface area contributed by atoms with Crippen LogP contribution in [0.1, 0.15) is 71.1 Å². The molecule has 2 heterocycles. The smallest absolute Gasteiger partial charge is 0.303 e. The van der Waals surface area contributed by atoms with Crippen LogP contribution in [-0.2, 0) is 19.1 Å². The number of carbonyl (C=O) groups excluding carboxylic acids is 2. The van der Waals surface area contributed by atoms with Gasteiger partial charge in [0.2, 0.25) is 11.8 Å². The maximum absolute atomic E-state index is 12.1. The summed E-state index contributed by atoms with van der Waals surface area (Å²) in [5.74, 6) is -0.0573. The number of carbonyl (C=O) groups is 3. The van der Waals surface area contributed by atoms with Crippen molar-refractivity contribution >= 4 is 17.8 Å². The molecule has 0 aromatic rings. The van der Waals surface area contributed by atoms with E-state index in [4.69, 9.17) is 9.84 Å². The Balaban J connectivity index is 1.67. The van der Waals surface area contributed by atoms with Crippen molar-refractivity contribution in [3.63, 3.8) is 0 Å². The van der Waals surface area contributed by atoms with Crippen LogP contribution >= 0.6 is 0 Å². The summed E-state index contributed by atoms with van der Waals surface area (Å²) in [4.78, 5) is 34.3. The average Bonchev–Trinajstić information content (AvgIpc) is 3.29. The van der Waals surface area contributed by atoms with Crippen LogP contribution < -0.4 is 10.6 Å². The van der Waals surface area contributed by atoms with Crippen molar-refractivity contribution in [2.45, 2.75) is 83.3 Å². The average molecular weight is 409 g/mol. The molecule has 7 nitrogen and oxygen atoms in total. The predicted molar refractivity (Wildman–Crippen MR) is 110 cm³/mol. The fraction of sp³-hybridized carbons (Fsp3) is 0.773. The number of unbranched alkanes of at least 4 members (excludes halogenated alkanes) is 2. The second kappa shape index (κ2) is 12.6. The van der Waals surface area contributed by atoms with Gasteiger partial charge in [0.1, 0.15) is 0 Å². The molecule has 2 aliphatic heterocycles. The Morgan fingerprint density at radius 2 is 1.69 bits per heavy atom. The number of hydrogen-bond acceptors (Lipinski definition) is 4. The van der Waals surface area contributed by atoms with E-state index in [0.29, 0.717) is 44.2 Å². The van der Waals surface area contributed by atoms with E-state index in [2.05, 4.69) is 22.8 Å². The van der Waals surface area contributed by atoms with Gasteiger partial charge in [0.15, 0.2) is 0 Å². The molecule has 164 valence electrons. The van der Waals surface area contributed by atoms with Gasteiger partial charge in [-0.2, -0.15) is 0 Å². The topological polar surface area (TPSA) is 105 Å². The highest BCUT2D eigenvalue weighted by Crippen LogP contribution is 2.44. The van der Waals surface area contributed by atoms with Crippen molar-refractivity contribution in [3.05, 3.63) is 12.2 Å². The molecule has 2 fully saturated rings. The van der Waals surface area contributed by atoms with Crippen LogP contribution in [0.2, 0.25) is 0 Å². The lowest BCUT2D eigenvalue weighted by atomic mass is 9.77. The zero-order valence-electron chi connectivity index (χ0n) is 17.5. The van der Waals surface area contributed by atoms with Crippen molar-refractivity contribution in [3.8, 4) is 0 Å². The molecule has 7 heteroatoms. The highest BCUT2D eigenvalue weighted by atomic mass is 16.5. The summed E-state index contributed by atoms with van der Waals surface area (Å²) in [5, 5.41) is 14.5. The zero-order chi connectivity index (χ0) is 21.1. The van der Waals surface area contributed by atoms with E-state index in [1.807, 2.05) is 6.92 Å². The van der Waals surface area contributed by atoms with Crippen LogP contribution in [0.25, 0.3) is 0 Å². The summed E-state index contributed by atoms with van der Waals surface area (Å²) in [6.45, 7) is 3.04. The molecule has 0 radical (unpaired) electrons. The first-order valence-corrected chi connectivity index (χ1v) is 11.1. The van der Waals surface area contributed by atoms with Gasteiger partial charge in [-0.1, -0.05) is 25.5 Å². The van der Waals surface area contributed by atoms with Crippen LogP contribution in [-0.4, -0.2) is 48.2 Å². The summed E-state index contributed by atoms with van der Waals surface area (Å²) in [6, 6.07) is 0. The van der Waals surface area contributed by atoms with E-state index in [9.17, 15) is 14.4 Å². The van der Waals surface area contributed by atoms with Gasteiger partial charge in [-0.3, -0.25) is 14.4 Å². The fourth-order valence-corrected chi connectivity index (χ4v) is 4.28. The second-order valence-electron chi connectivity index (χ2n) is 8.12. The number of amides is 2. The van der Waals surface area contributed by atoms with Gasteiger partial charge < -0.3 is 20.5 Å². The lowest BCUT2D eigenvalue weighted by Crippen LogP contribution is -2.39. The van der Waals surface area contributed by atoms with Crippen molar-refractivity contribution in [2.75, 3.05) is 13.1 Å². The fourth-order valence-electron chi connectivity index (χ4n) is 4.28. The first kappa shape index (κ1) is 23.4. The van der Waals surface area contributed by atoms with E-state index in [-0.39, 0.29) is 30.4 Å². The van der Waals surface area contributed by atoms with Gasteiger partial charge >= 0.3 is 5.97 Å². The van der Waals surface area contributed by atoms with E-state index in [1.165, 1.54) is 0 Å². The molecule has 0 aromatic carbocycles. The lowest BCUT2D eigenvalue weighted by Gasteiger charge is -2.27. The number of carboxylic acid groups (broad SMARTS) is 1. The third-order valence-corrected chi connectivity index (χ3v) is 5.89. The Labute approximate surface area is 173 Å². The number of ether oxygens (including phenoxy) is 1. The minimum absolute atomic E-state index is 0.0105.